The molecule has 0 bridgehead atoms. The first-order valence-corrected chi connectivity index (χ1v) is 5.32. The summed E-state index contributed by atoms with van der Waals surface area (Å²) < 4.78 is 13.2. The zero-order chi connectivity index (χ0) is 11.3. The minimum atomic E-state index is -0.201. The summed E-state index contributed by atoms with van der Waals surface area (Å²) >= 11 is 0. The molecule has 1 N–H and O–H groups in total. The molecule has 0 aliphatic carbocycles. The minimum absolute atomic E-state index is 0.136. The summed E-state index contributed by atoms with van der Waals surface area (Å²) in [5.41, 5.74) is 0.886. The van der Waals surface area contributed by atoms with Crippen molar-refractivity contribution in [1.82, 2.24) is 10.3 Å². The SMILES string of the molecule is CC(C)(C)NCCCc1ccncc1F. The van der Waals surface area contributed by atoms with Crippen molar-refractivity contribution in [3.8, 4) is 0 Å². The number of aryl methyl sites for hydroxylation is 1. The van der Waals surface area contributed by atoms with Gasteiger partial charge in [-0.15, -0.1) is 0 Å². The Bertz CT molecular complexity index is 305. The van der Waals surface area contributed by atoms with E-state index in [1.807, 2.05) is 0 Å². The highest BCUT2D eigenvalue weighted by Gasteiger charge is 2.07. The summed E-state index contributed by atoms with van der Waals surface area (Å²) in [6.07, 6.45) is 4.61. The molecule has 15 heavy (non-hydrogen) atoms. The number of rotatable bonds is 4. The van der Waals surface area contributed by atoms with Crippen molar-refractivity contribution < 1.29 is 4.39 Å². The molecule has 1 heterocycles. The Kier molecular flexibility index (Phi) is 4.21. The maximum absolute atomic E-state index is 13.2. The molecule has 0 radical (unpaired) electrons. The Balaban J connectivity index is 2.30. The number of nitrogens with zero attached hydrogens (tertiary/aromatic N) is 1. The zero-order valence-corrected chi connectivity index (χ0v) is 9.68. The lowest BCUT2D eigenvalue weighted by Crippen LogP contribution is -2.36. The van der Waals surface area contributed by atoms with Gasteiger partial charge in [0.1, 0.15) is 5.82 Å². The third kappa shape index (κ3) is 4.88. The van der Waals surface area contributed by atoms with Crippen LogP contribution in [0.25, 0.3) is 0 Å². The van der Waals surface area contributed by atoms with Crippen molar-refractivity contribution in [3.05, 3.63) is 29.8 Å². The molecule has 1 aromatic rings. The molecule has 0 atom stereocenters. The van der Waals surface area contributed by atoms with Crippen LogP contribution in [0.15, 0.2) is 18.5 Å². The van der Waals surface area contributed by atoms with Crippen LogP contribution in [0.2, 0.25) is 0 Å². The second-order valence-electron chi connectivity index (χ2n) is 4.75. The lowest BCUT2D eigenvalue weighted by Gasteiger charge is -2.20. The van der Waals surface area contributed by atoms with Gasteiger partial charge < -0.3 is 5.32 Å². The van der Waals surface area contributed by atoms with E-state index in [1.165, 1.54) is 6.20 Å². The standard InChI is InChI=1S/C12H19FN2/c1-12(2,3)15-7-4-5-10-6-8-14-9-11(10)13/h6,8-9,15H,4-5,7H2,1-3H3. The zero-order valence-electron chi connectivity index (χ0n) is 9.68. The van der Waals surface area contributed by atoms with Crippen LogP contribution in [-0.4, -0.2) is 17.1 Å². The molecule has 0 saturated heterocycles. The largest absolute Gasteiger partial charge is 0.312 e. The monoisotopic (exact) mass is 210 g/mol. The van der Waals surface area contributed by atoms with E-state index >= 15 is 0 Å². The third-order valence-electron chi connectivity index (χ3n) is 2.13. The molecule has 3 heteroatoms. The molecule has 1 rings (SSSR count). The van der Waals surface area contributed by atoms with Crippen LogP contribution in [0.1, 0.15) is 32.8 Å². The fraction of sp³-hybridized carbons (Fsp3) is 0.583. The molecule has 84 valence electrons. The van der Waals surface area contributed by atoms with E-state index < -0.39 is 0 Å². The van der Waals surface area contributed by atoms with E-state index in [4.69, 9.17) is 0 Å². The van der Waals surface area contributed by atoms with Crippen molar-refractivity contribution in [2.75, 3.05) is 6.54 Å². The van der Waals surface area contributed by atoms with Crippen molar-refractivity contribution in [2.45, 2.75) is 39.2 Å². The summed E-state index contributed by atoms with van der Waals surface area (Å²) in [6.45, 7) is 7.28. The molecule has 0 aliphatic heterocycles. The van der Waals surface area contributed by atoms with E-state index in [-0.39, 0.29) is 11.4 Å². The van der Waals surface area contributed by atoms with E-state index in [0.717, 1.165) is 24.9 Å². The molecular weight excluding hydrogens is 191 g/mol. The predicted octanol–water partition coefficient (Wildman–Crippen LogP) is 2.54. The van der Waals surface area contributed by atoms with Crippen molar-refractivity contribution in [1.29, 1.82) is 0 Å². The molecular formula is C12H19FN2. The predicted molar refractivity (Wildman–Crippen MR) is 60.3 cm³/mol. The van der Waals surface area contributed by atoms with Gasteiger partial charge in [0, 0.05) is 11.7 Å². The second-order valence-corrected chi connectivity index (χ2v) is 4.75. The van der Waals surface area contributed by atoms with Gasteiger partial charge in [0.05, 0.1) is 6.20 Å². The first-order chi connectivity index (χ1) is 6.99. The van der Waals surface area contributed by atoms with E-state index in [0.29, 0.717) is 0 Å². The summed E-state index contributed by atoms with van der Waals surface area (Å²) in [6, 6.07) is 1.74. The van der Waals surface area contributed by atoms with Crippen LogP contribution >= 0.6 is 0 Å². The quantitative estimate of drug-likeness (QED) is 0.772. The van der Waals surface area contributed by atoms with Gasteiger partial charge in [-0.25, -0.2) is 4.39 Å². The molecule has 0 unspecified atom stereocenters. The highest BCUT2D eigenvalue weighted by molar-refractivity contribution is 5.12. The van der Waals surface area contributed by atoms with Crippen LogP contribution in [0.4, 0.5) is 4.39 Å². The molecule has 0 aromatic carbocycles. The molecule has 0 amide bonds. The van der Waals surface area contributed by atoms with Gasteiger partial charge >= 0.3 is 0 Å². The van der Waals surface area contributed by atoms with Crippen LogP contribution in [0, 0.1) is 5.82 Å². The molecule has 2 nitrogen and oxygen atoms in total. The maximum Gasteiger partial charge on any atom is 0.144 e. The fourth-order valence-electron chi connectivity index (χ4n) is 1.35. The van der Waals surface area contributed by atoms with E-state index in [2.05, 4.69) is 31.1 Å². The molecule has 0 fully saturated rings. The summed E-state index contributed by atoms with van der Waals surface area (Å²) in [5, 5.41) is 3.37. The van der Waals surface area contributed by atoms with Crippen molar-refractivity contribution >= 4 is 0 Å². The number of hydrogen-bond donors (Lipinski definition) is 1. The first-order valence-electron chi connectivity index (χ1n) is 5.32. The third-order valence-corrected chi connectivity index (χ3v) is 2.13. The van der Waals surface area contributed by atoms with E-state index in [9.17, 15) is 4.39 Å². The first kappa shape index (κ1) is 12.1. The summed E-state index contributed by atoms with van der Waals surface area (Å²) in [4.78, 5) is 3.72. The Morgan fingerprint density at radius 3 is 2.73 bits per heavy atom. The highest BCUT2D eigenvalue weighted by Crippen LogP contribution is 2.07. The van der Waals surface area contributed by atoms with Crippen molar-refractivity contribution in [3.63, 3.8) is 0 Å². The average molecular weight is 210 g/mol. The van der Waals surface area contributed by atoms with Crippen LogP contribution < -0.4 is 5.32 Å². The maximum atomic E-state index is 13.2. The lowest BCUT2D eigenvalue weighted by atomic mass is 10.1. The Labute approximate surface area is 90.9 Å². The number of aromatic nitrogens is 1. The van der Waals surface area contributed by atoms with Gasteiger partial charge in [0.25, 0.3) is 0 Å². The lowest BCUT2D eigenvalue weighted by molar-refractivity contribution is 0.421. The van der Waals surface area contributed by atoms with Gasteiger partial charge in [-0.1, -0.05) is 0 Å². The Morgan fingerprint density at radius 2 is 2.13 bits per heavy atom. The van der Waals surface area contributed by atoms with E-state index in [1.54, 1.807) is 12.3 Å². The van der Waals surface area contributed by atoms with Crippen molar-refractivity contribution in [2.24, 2.45) is 0 Å². The van der Waals surface area contributed by atoms with Gasteiger partial charge in [-0.05, 0) is 51.8 Å². The van der Waals surface area contributed by atoms with Crippen LogP contribution in [0.5, 0.6) is 0 Å². The molecule has 1 aromatic heterocycles. The number of pyridine rings is 1. The van der Waals surface area contributed by atoms with Gasteiger partial charge in [0.2, 0.25) is 0 Å². The average Bonchev–Trinajstić information content (AvgIpc) is 2.13. The minimum Gasteiger partial charge on any atom is -0.312 e. The van der Waals surface area contributed by atoms with Crippen LogP contribution in [0.3, 0.4) is 0 Å². The van der Waals surface area contributed by atoms with Gasteiger partial charge in [-0.2, -0.15) is 0 Å². The van der Waals surface area contributed by atoms with Crippen LogP contribution in [-0.2, 0) is 6.42 Å². The number of hydrogen-bond acceptors (Lipinski definition) is 2. The molecule has 0 saturated carbocycles. The second kappa shape index (κ2) is 5.21. The number of halogens is 1. The summed E-state index contributed by atoms with van der Waals surface area (Å²) in [7, 11) is 0. The highest BCUT2D eigenvalue weighted by atomic mass is 19.1. The topological polar surface area (TPSA) is 24.9 Å². The number of nitrogens with one attached hydrogen (secondary N) is 1. The smallest absolute Gasteiger partial charge is 0.144 e. The molecule has 0 spiro atoms. The Morgan fingerprint density at radius 1 is 1.40 bits per heavy atom. The normalized spacial score (nSPS) is 11.7. The van der Waals surface area contributed by atoms with Gasteiger partial charge in [0.15, 0.2) is 0 Å². The fourth-order valence-corrected chi connectivity index (χ4v) is 1.35. The van der Waals surface area contributed by atoms with Gasteiger partial charge in [-0.3, -0.25) is 4.98 Å². The Hall–Kier alpha value is -0.960. The molecule has 0 aliphatic rings. The summed E-state index contributed by atoms with van der Waals surface area (Å²) in [5.74, 6) is -0.201.